The van der Waals surface area contributed by atoms with E-state index in [0.717, 1.165) is 0 Å². The normalized spacial score (nSPS) is 15.3. The van der Waals surface area contributed by atoms with Crippen molar-refractivity contribution in [3.8, 4) is 0 Å². The number of aliphatic hydroxyl groups is 1. The molecule has 1 unspecified atom stereocenters. The molecule has 0 spiro atoms. The number of halogens is 3. The predicted molar refractivity (Wildman–Crippen MR) is 47.6 cm³/mol. The molecule has 0 aliphatic carbocycles. The quantitative estimate of drug-likeness (QED) is 0.432. The van der Waals surface area contributed by atoms with E-state index in [2.05, 4.69) is 4.74 Å². The molecular weight excluding hydrogens is 229 g/mol. The first kappa shape index (κ1) is 14.9. The number of esters is 1. The van der Waals surface area contributed by atoms with E-state index in [4.69, 9.17) is 5.11 Å². The zero-order chi connectivity index (χ0) is 12.8. The van der Waals surface area contributed by atoms with E-state index in [1.807, 2.05) is 6.92 Å². The van der Waals surface area contributed by atoms with E-state index in [0.29, 0.717) is 12.8 Å². The Morgan fingerprint density at radius 2 is 2.00 bits per heavy atom. The van der Waals surface area contributed by atoms with Crippen molar-refractivity contribution in [2.75, 3.05) is 6.61 Å². The Labute approximate surface area is 90.4 Å². The highest BCUT2D eigenvalue weighted by Gasteiger charge is 2.55. The monoisotopic (exact) mass is 242 g/mol. The first-order chi connectivity index (χ1) is 7.27. The minimum absolute atomic E-state index is 0.0257. The first-order valence-electron chi connectivity index (χ1n) is 4.68. The van der Waals surface area contributed by atoms with Crippen LogP contribution in [0.2, 0.25) is 0 Å². The summed E-state index contributed by atoms with van der Waals surface area (Å²) in [5, 5.41) is 8.89. The summed E-state index contributed by atoms with van der Waals surface area (Å²) in [6.07, 6.45) is -6.07. The van der Waals surface area contributed by atoms with Gasteiger partial charge in [-0.3, -0.25) is 9.59 Å². The fraction of sp³-hybridized carbons (Fsp3) is 0.778. The van der Waals surface area contributed by atoms with Crippen LogP contribution in [0.5, 0.6) is 0 Å². The van der Waals surface area contributed by atoms with E-state index < -0.39 is 30.5 Å². The van der Waals surface area contributed by atoms with Crippen LogP contribution < -0.4 is 0 Å². The maximum Gasteiger partial charge on any atom is 0.424 e. The number of carbonyl (C=O) groups excluding carboxylic acids is 2. The fourth-order valence-corrected chi connectivity index (χ4v) is 0.810. The summed E-state index contributed by atoms with van der Waals surface area (Å²) in [7, 11) is 0. The van der Waals surface area contributed by atoms with Crippen LogP contribution in [-0.4, -0.2) is 35.7 Å². The van der Waals surface area contributed by atoms with Crippen molar-refractivity contribution < 1.29 is 32.6 Å². The van der Waals surface area contributed by atoms with Crippen molar-refractivity contribution in [3.05, 3.63) is 0 Å². The summed E-state index contributed by atoms with van der Waals surface area (Å²) >= 11 is 0. The molecule has 0 aromatic carbocycles. The highest BCUT2D eigenvalue weighted by atomic mass is 19.4. The van der Waals surface area contributed by atoms with Gasteiger partial charge < -0.3 is 9.84 Å². The second-order valence-electron chi connectivity index (χ2n) is 3.29. The molecule has 0 amide bonds. The second kappa shape index (κ2) is 5.83. The van der Waals surface area contributed by atoms with Crippen molar-refractivity contribution in [2.45, 2.75) is 38.0 Å². The zero-order valence-electron chi connectivity index (χ0n) is 8.71. The average Bonchev–Trinajstić information content (AvgIpc) is 2.16. The summed E-state index contributed by atoms with van der Waals surface area (Å²) in [6, 6.07) is 0. The molecule has 0 aliphatic heterocycles. The van der Waals surface area contributed by atoms with E-state index in [-0.39, 0.29) is 6.61 Å². The maximum atomic E-state index is 12.2. The Hall–Kier alpha value is -1.11. The van der Waals surface area contributed by atoms with E-state index >= 15 is 0 Å². The molecule has 0 heterocycles. The van der Waals surface area contributed by atoms with Crippen LogP contribution >= 0.6 is 0 Å². The van der Waals surface area contributed by atoms with Crippen LogP contribution in [-0.2, 0) is 14.3 Å². The maximum absolute atomic E-state index is 12.2. The van der Waals surface area contributed by atoms with Crippen LogP contribution in [0.3, 0.4) is 0 Å². The number of ether oxygens (including phenoxy) is 1. The van der Waals surface area contributed by atoms with Crippen molar-refractivity contribution >= 4 is 12.3 Å². The smallest absolute Gasteiger partial charge is 0.424 e. The predicted octanol–water partition coefficient (Wildman–Crippen LogP) is 1.21. The lowest BCUT2D eigenvalue weighted by atomic mass is 10.0. The zero-order valence-corrected chi connectivity index (χ0v) is 8.71. The van der Waals surface area contributed by atoms with E-state index in [1.54, 1.807) is 0 Å². The van der Waals surface area contributed by atoms with Gasteiger partial charge in [0.05, 0.1) is 13.0 Å². The molecule has 0 rings (SSSR count). The molecular formula is C9H13F3O4. The molecule has 0 bridgehead atoms. The topological polar surface area (TPSA) is 63.6 Å². The van der Waals surface area contributed by atoms with E-state index in [1.165, 1.54) is 0 Å². The molecule has 4 nitrogen and oxygen atoms in total. The summed E-state index contributed by atoms with van der Waals surface area (Å²) in [4.78, 5) is 21.1. The molecule has 0 saturated heterocycles. The van der Waals surface area contributed by atoms with Crippen LogP contribution in [0, 0.1) is 0 Å². The molecule has 0 aromatic heterocycles. The lowest BCUT2D eigenvalue weighted by Gasteiger charge is -2.23. The van der Waals surface area contributed by atoms with Crippen molar-refractivity contribution in [3.63, 3.8) is 0 Å². The van der Waals surface area contributed by atoms with Gasteiger partial charge in [0.1, 0.15) is 0 Å². The molecule has 0 radical (unpaired) electrons. The van der Waals surface area contributed by atoms with Crippen LogP contribution in [0.1, 0.15) is 26.2 Å². The Bertz CT molecular complexity index is 252. The van der Waals surface area contributed by atoms with E-state index in [9.17, 15) is 22.8 Å². The van der Waals surface area contributed by atoms with Crippen LogP contribution in [0.25, 0.3) is 0 Å². The van der Waals surface area contributed by atoms with Crippen LogP contribution in [0.4, 0.5) is 13.2 Å². The Balaban J connectivity index is 4.33. The average molecular weight is 242 g/mol. The number of rotatable bonds is 6. The van der Waals surface area contributed by atoms with Gasteiger partial charge in [-0.15, -0.1) is 0 Å². The second-order valence-corrected chi connectivity index (χ2v) is 3.29. The molecule has 0 aromatic rings. The minimum Gasteiger partial charge on any atom is -0.466 e. The SMILES string of the molecule is CCCCOC(=O)CC(O)(C=O)C(F)(F)F. The molecule has 1 N–H and O–H groups in total. The largest absolute Gasteiger partial charge is 0.466 e. The van der Waals surface area contributed by atoms with Crippen molar-refractivity contribution in [1.82, 2.24) is 0 Å². The standard InChI is InChI=1S/C9H13F3O4/c1-2-3-4-16-7(14)5-8(15,6-13)9(10,11)12/h6,15H,2-5H2,1H3. The highest BCUT2D eigenvalue weighted by Crippen LogP contribution is 2.31. The van der Waals surface area contributed by atoms with Gasteiger partial charge >= 0.3 is 12.1 Å². The number of aldehydes is 1. The van der Waals surface area contributed by atoms with Gasteiger partial charge in [0, 0.05) is 0 Å². The van der Waals surface area contributed by atoms with Gasteiger partial charge in [0.25, 0.3) is 0 Å². The lowest BCUT2D eigenvalue weighted by Crippen LogP contribution is -2.48. The van der Waals surface area contributed by atoms with Gasteiger partial charge in [-0.05, 0) is 6.42 Å². The van der Waals surface area contributed by atoms with Gasteiger partial charge in [-0.1, -0.05) is 13.3 Å². The summed E-state index contributed by atoms with van der Waals surface area (Å²) < 4.78 is 40.9. The molecule has 16 heavy (non-hydrogen) atoms. The van der Waals surface area contributed by atoms with Crippen molar-refractivity contribution in [2.24, 2.45) is 0 Å². The molecule has 0 saturated carbocycles. The number of alkyl halides is 3. The molecule has 7 heteroatoms. The molecule has 0 aliphatic rings. The third-order valence-electron chi connectivity index (χ3n) is 1.86. The minimum atomic E-state index is -5.18. The number of unbranched alkanes of at least 4 members (excludes halogenated alkanes) is 1. The Kier molecular flexibility index (Phi) is 5.43. The Morgan fingerprint density at radius 3 is 2.38 bits per heavy atom. The first-order valence-corrected chi connectivity index (χ1v) is 4.68. The third-order valence-corrected chi connectivity index (χ3v) is 1.86. The lowest BCUT2D eigenvalue weighted by molar-refractivity contribution is -0.247. The van der Waals surface area contributed by atoms with Crippen LogP contribution in [0.15, 0.2) is 0 Å². The molecule has 0 fully saturated rings. The summed E-state index contributed by atoms with van der Waals surface area (Å²) in [5.41, 5.74) is -3.66. The van der Waals surface area contributed by atoms with Gasteiger partial charge in [-0.25, -0.2) is 0 Å². The Morgan fingerprint density at radius 1 is 1.44 bits per heavy atom. The van der Waals surface area contributed by atoms with Gasteiger partial charge in [-0.2, -0.15) is 13.2 Å². The molecule has 1 atom stereocenters. The summed E-state index contributed by atoms with van der Waals surface area (Å²) in [5.74, 6) is -1.25. The number of hydrogen-bond acceptors (Lipinski definition) is 4. The molecule has 94 valence electrons. The summed E-state index contributed by atoms with van der Waals surface area (Å²) in [6.45, 7) is 1.79. The van der Waals surface area contributed by atoms with Gasteiger partial charge in [0.2, 0.25) is 5.60 Å². The van der Waals surface area contributed by atoms with Crippen molar-refractivity contribution in [1.29, 1.82) is 0 Å². The number of carbonyl (C=O) groups is 2. The fourth-order valence-electron chi connectivity index (χ4n) is 0.810. The third kappa shape index (κ3) is 4.18. The highest BCUT2D eigenvalue weighted by molar-refractivity contribution is 5.78. The number of hydrogen-bond donors (Lipinski definition) is 1. The van der Waals surface area contributed by atoms with Gasteiger partial charge in [0.15, 0.2) is 6.29 Å².